The minimum atomic E-state index is -0.0832. The van der Waals surface area contributed by atoms with Crippen molar-refractivity contribution in [3.63, 3.8) is 0 Å². The minimum absolute atomic E-state index is 0.0832. The van der Waals surface area contributed by atoms with Crippen LogP contribution in [-0.2, 0) is 0 Å². The molecule has 2 aromatic carbocycles. The molecule has 1 saturated heterocycles. The highest BCUT2D eigenvalue weighted by Crippen LogP contribution is 2.38. The Labute approximate surface area is 204 Å². The van der Waals surface area contributed by atoms with Crippen LogP contribution >= 0.6 is 22.9 Å². The fraction of sp³-hybridized carbons (Fsp3) is 0.346. The molecule has 0 bridgehead atoms. The lowest BCUT2D eigenvalue weighted by atomic mass is 9.94. The predicted molar refractivity (Wildman–Crippen MR) is 135 cm³/mol. The average Bonchev–Trinajstić information content (AvgIpc) is 3.10. The molecule has 1 unspecified atom stereocenters. The first-order chi connectivity index (χ1) is 16.0. The maximum atomic E-state index is 13.0. The van der Waals surface area contributed by atoms with Crippen LogP contribution in [0, 0.1) is 13.8 Å². The highest BCUT2D eigenvalue weighted by atomic mass is 35.5. The molecule has 174 valence electrons. The van der Waals surface area contributed by atoms with Crippen LogP contribution in [0.4, 0.5) is 5.00 Å². The normalized spacial score (nSPS) is 19.3. The van der Waals surface area contributed by atoms with Crippen LogP contribution in [0.2, 0.25) is 5.02 Å². The predicted octanol–water partition coefficient (Wildman–Crippen LogP) is 2.14. The second kappa shape index (κ2) is 10.8. The van der Waals surface area contributed by atoms with Crippen molar-refractivity contribution in [2.75, 3.05) is 44.6 Å². The van der Waals surface area contributed by atoms with E-state index in [1.807, 2.05) is 42.5 Å². The number of aliphatic hydroxyl groups excluding tert-OH is 1. The zero-order chi connectivity index (χ0) is 23.4. The van der Waals surface area contributed by atoms with E-state index in [9.17, 15) is 9.90 Å². The molecule has 3 aromatic rings. The summed E-state index contributed by atoms with van der Waals surface area (Å²) in [5.74, 6) is -0.0832. The summed E-state index contributed by atoms with van der Waals surface area (Å²) in [6.45, 7) is 9.36. The topological polar surface area (TPSA) is 58.2 Å². The van der Waals surface area contributed by atoms with E-state index in [0.29, 0.717) is 5.56 Å². The van der Waals surface area contributed by atoms with E-state index in [2.05, 4.69) is 31.3 Å². The van der Waals surface area contributed by atoms with Gasteiger partial charge in [0.1, 0.15) is 43.8 Å². The maximum Gasteiger partial charge on any atom is 0.256 e. The third-order valence-corrected chi connectivity index (χ3v) is 8.05. The van der Waals surface area contributed by atoms with Gasteiger partial charge in [-0.1, -0.05) is 41.9 Å². The number of hydrogen-bond donors (Lipinski definition) is 4. The molecule has 1 amide bonds. The molecular formula is C26H32ClN3O2S+2. The Hall–Kier alpha value is -2.22. The Morgan fingerprint density at radius 1 is 1.06 bits per heavy atom. The summed E-state index contributed by atoms with van der Waals surface area (Å²) in [6.07, 6.45) is 0. The van der Waals surface area contributed by atoms with Crippen molar-refractivity contribution in [1.82, 2.24) is 0 Å². The number of aliphatic hydroxyl groups is 1. The van der Waals surface area contributed by atoms with Gasteiger partial charge in [0.15, 0.2) is 0 Å². The molecule has 1 aliphatic rings. The molecule has 4 rings (SSSR count). The number of carbonyl (C=O) groups is 1. The van der Waals surface area contributed by atoms with Crippen molar-refractivity contribution in [1.29, 1.82) is 0 Å². The summed E-state index contributed by atoms with van der Waals surface area (Å²) >= 11 is 7.87. The number of anilines is 1. The number of carbonyl (C=O) groups excluding carboxylic acids is 1. The zero-order valence-electron chi connectivity index (χ0n) is 19.2. The number of piperazine rings is 1. The molecule has 0 aliphatic carbocycles. The number of rotatable bonds is 7. The first-order valence-corrected chi connectivity index (χ1v) is 12.7. The molecule has 0 radical (unpaired) electrons. The summed E-state index contributed by atoms with van der Waals surface area (Å²) in [6, 6.07) is 17.6. The summed E-state index contributed by atoms with van der Waals surface area (Å²) in [5, 5.41) is 14.2. The van der Waals surface area contributed by atoms with Crippen molar-refractivity contribution >= 4 is 33.8 Å². The first kappa shape index (κ1) is 23.9. The van der Waals surface area contributed by atoms with E-state index in [1.165, 1.54) is 31.4 Å². The first-order valence-electron chi connectivity index (χ1n) is 11.5. The number of aryl methyl sites for hydroxylation is 1. The summed E-state index contributed by atoms with van der Waals surface area (Å²) in [5.41, 5.74) is 4.30. The van der Waals surface area contributed by atoms with Gasteiger partial charge in [0.05, 0.1) is 12.2 Å². The van der Waals surface area contributed by atoms with Crippen LogP contribution in [0.15, 0.2) is 54.6 Å². The van der Waals surface area contributed by atoms with Gasteiger partial charge in [-0.3, -0.25) is 4.79 Å². The molecule has 33 heavy (non-hydrogen) atoms. The number of thiophene rings is 1. The molecule has 5 nitrogen and oxygen atoms in total. The highest BCUT2D eigenvalue weighted by molar-refractivity contribution is 7.16. The monoisotopic (exact) mass is 485 g/mol. The van der Waals surface area contributed by atoms with Crippen LogP contribution in [0.25, 0.3) is 0 Å². The van der Waals surface area contributed by atoms with Gasteiger partial charge in [-0.15, -0.1) is 11.3 Å². The second-order valence-corrected chi connectivity index (χ2v) is 10.4. The van der Waals surface area contributed by atoms with Crippen molar-refractivity contribution < 1.29 is 19.7 Å². The number of nitrogens with one attached hydrogen (secondary N) is 3. The van der Waals surface area contributed by atoms with Crippen LogP contribution in [0.5, 0.6) is 0 Å². The number of hydrogen-bond acceptors (Lipinski definition) is 3. The van der Waals surface area contributed by atoms with Crippen molar-refractivity contribution in [3.05, 3.63) is 86.8 Å². The number of halogens is 1. The number of quaternary nitrogens is 2. The van der Waals surface area contributed by atoms with Gasteiger partial charge >= 0.3 is 0 Å². The summed E-state index contributed by atoms with van der Waals surface area (Å²) in [4.78, 5) is 17.2. The molecule has 0 spiro atoms. The van der Waals surface area contributed by atoms with Gasteiger partial charge in [0.25, 0.3) is 5.91 Å². The van der Waals surface area contributed by atoms with Gasteiger partial charge in [0, 0.05) is 21.0 Å². The Bertz CT molecular complexity index is 1080. The standard InChI is InChI=1S/C26H30ClN3O2S/c1-18-19(2)33-26(28-25(32)21-6-4-3-5-7-21)23(18)24(20-8-10-22(27)11-9-20)30-14-12-29(13-15-30)16-17-31/h3-11,24,31H,12-17H2,1-2H3,(H,28,32)/p+2. The van der Waals surface area contributed by atoms with Gasteiger partial charge in [-0.05, 0) is 43.7 Å². The largest absolute Gasteiger partial charge is 0.391 e. The van der Waals surface area contributed by atoms with Gasteiger partial charge < -0.3 is 20.2 Å². The van der Waals surface area contributed by atoms with Crippen molar-refractivity contribution in [2.45, 2.75) is 19.9 Å². The third kappa shape index (κ3) is 5.48. The third-order valence-electron chi connectivity index (χ3n) is 6.66. The highest BCUT2D eigenvalue weighted by Gasteiger charge is 2.35. The Morgan fingerprint density at radius 2 is 1.73 bits per heavy atom. The molecule has 4 N–H and O–H groups in total. The average molecular weight is 486 g/mol. The molecule has 1 fully saturated rings. The second-order valence-electron chi connectivity index (χ2n) is 8.71. The fourth-order valence-corrected chi connectivity index (χ4v) is 5.95. The molecule has 2 heterocycles. The molecule has 1 aliphatic heterocycles. The zero-order valence-corrected chi connectivity index (χ0v) is 20.7. The SMILES string of the molecule is Cc1sc(NC(=O)c2ccccc2)c(C(c2ccc(Cl)cc2)[NH+]2CC[NH+](CCO)CC2)c1C. The lowest BCUT2D eigenvalue weighted by Crippen LogP contribution is -3.28. The number of amides is 1. The molecule has 1 aromatic heterocycles. The summed E-state index contributed by atoms with van der Waals surface area (Å²) < 4.78 is 0. The van der Waals surface area contributed by atoms with E-state index < -0.39 is 0 Å². The summed E-state index contributed by atoms with van der Waals surface area (Å²) in [7, 11) is 0. The van der Waals surface area contributed by atoms with Gasteiger partial charge in [-0.2, -0.15) is 0 Å². The maximum absolute atomic E-state index is 13.0. The lowest BCUT2D eigenvalue weighted by Gasteiger charge is -2.35. The molecule has 1 atom stereocenters. The van der Waals surface area contributed by atoms with E-state index in [1.54, 1.807) is 11.3 Å². The van der Waals surface area contributed by atoms with Crippen molar-refractivity contribution in [3.8, 4) is 0 Å². The van der Waals surface area contributed by atoms with Crippen LogP contribution in [0.3, 0.4) is 0 Å². The van der Waals surface area contributed by atoms with E-state index in [4.69, 9.17) is 11.6 Å². The van der Waals surface area contributed by atoms with E-state index in [-0.39, 0.29) is 18.6 Å². The Balaban J connectivity index is 1.71. The fourth-order valence-electron chi connectivity index (χ4n) is 4.73. The van der Waals surface area contributed by atoms with Crippen LogP contribution < -0.4 is 15.1 Å². The molecule has 7 heteroatoms. The van der Waals surface area contributed by atoms with E-state index in [0.717, 1.165) is 42.7 Å². The molecule has 0 saturated carbocycles. The number of benzene rings is 2. The van der Waals surface area contributed by atoms with Crippen LogP contribution in [-0.4, -0.2) is 50.3 Å². The van der Waals surface area contributed by atoms with Gasteiger partial charge in [0.2, 0.25) is 0 Å². The Morgan fingerprint density at radius 3 is 2.36 bits per heavy atom. The minimum Gasteiger partial charge on any atom is -0.391 e. The van der Waals surface area contributed by atoms with Crippen LogP contribution in [0.1, 0.15) is 38.0 Å². The smallest absolute Gasteiger partial charge is 0.256 e. The Kier molecular flexibility index (Phi) is 7.83. The van der Waals surface area contributed by atoms with Crippen molar-refractivity contribution in [2.24, 2.45) is 0 Å². The molecular weight excluding hydrogens is 454 g/mol. The quantitative estimate of drug-likeness (QED) is 0.414. The van der Waals surface area contributed by atoms with Gasteiger partial charge in [-0.25, -0.2) is 0 Å². The lowest BCUT2D eigenvalue weighted by molar-refractivity contribution is -1.02. The van der Waals surface area contributed by atoms with E-state index >= 15 is 0 Å².